The molecule has 0 bridgehead atoms. The van der Waals surface area contributed by atoms with E-state index in [0.717, 1.165) is 11.1 Å². The SMILES string of the molecule is C[Si](C)c1ccc(-c2nnc(-c3ccc(-c4ccccc4)cc3)o2)cc1. The van der Waals surface area contributed by atoms with Crippen molar-refractivity contribution in [3.8, 4) is 34.0 Å². The third kappa shape index (κ3) is 3.37. The summed E-state index contributed by atoms with van der Waals surface area (Å²) >= 11 is 0. The lowest BCUT2D eigenvalue weighted by Gasteiger charge is -2.03. The molecule has 0 saturated heterocycles. The van der Waals surface area contributed by atoms with Crippen LogP contribution in [0.3, 0.4) is 0 Å². The van der Waals surface area contributed by atoms with Crippen molar-refractivity contribution in [3.05, 3.63) is 78.9 Å². The van der Waals surface area contributed by atoms with Crippen molar-refractivity contribution < 1.29 is 4.42 Å². The number of nitrogens with zero attached hydrogens (tertiary/aromatic N) is 2. The molecular weight excluding hydrogens is 336 g/mol. The average molecular weight is 355 g/mol. The minimum absolute atomic E-state index is 0.441. The van der Waals surface area contributed by atoms with Gasteiger partial charge in [-0.3, -0.25) is 0 Å². The zero-order chi connectivity index (χ0) is 17.9. The summed E-state index contributed by atoms with van der Waals surface area (Å²) in [5, 5.41) is 9.82. The molecule has 1 aromatic heterocycles. The molecule has 0 amide bonds. The molecule has 3 nitrogen and oxygen atoms in total. The van der Waals surface area contributed by atoms with E-state index in [0.29, 0.717) is 11.8 Å². The van der Waals surface area contributed by atoms with Crippen LogP contribution in [-0.4, -0.2) is 19.0 Å². The topological polar surface area (TPSA) is 38.9 Å². The first-order valence-corrected chi connectivity index (χ1v) is 11.1. The van der Waals surface area contributed by atoms with E-state index in [4.69, 9.17) is 4.42 Å². The highest BCUT2D eigenvalue weighted by atomic mass is 28.3. The molecule has 26 heavy (non-hydrogen) atoms. The molecule has 127 valence electrons. The second-order valence-electron chi connectivity index (χ2n) is 6.43. The lowest BCUT2D eigenvalue weighted by Crippen LogP contribution is -2.21. The van der Waals surface area contributed by atoms with Gasteiger partial charge in [0.15, 0.2) is 0 Å². The van der Waals surface area contributed by atoms with Crippen molar-refractivity contribution in [2.45, 2.75) is 13.1 Å². The molecule has 0 atom stereocenters. The van der Waals surface area contributed by atoms with Crippen molar-refractivity contribution in [1.29, 1.82) is 0 Å². The molecule has 0 aliphatic carbocycles. The monoisotopic (exact) mass is 355 g/mol. The fourth-order valence-electron chi connectivity index (χ4n) is 2.84. The quantitative estimate of drug-likeness (QED) is 0.482. The van der Waals surface area contributed by atoms with Crippen molar-refractivity contribution in [2.75, 3.05) is 0 Å². The normalized spacial score (nSPS) is 11.0. The van der Waals surface area contributed by atoms with Crippen LogP contribution < -0.4 is 5.19 Å². The summed E-state index contributed by atoms with van der Waals surface area (Å²) in [5.41, 5.74) is 4.24. The molecule has 0 unspecified atom stereocenters. The third-order valence-corrected chi connectivity index (χ3v) is 5.86. The Hall–Kier alpha value is -2.98. The smallest absolute Gasteiger partial charge is 0.248 e. The van der Waals surface area contributed by atoms with Crippen LogP contribution >= 0.6 is 0 Å². The van der Waals surface area contributed by atoms with E-state index >= 15 is 0 Å². The minimum atomic E-state index is -0.441. The molecule has 1 heterocycles. The van der Waals surface area contributed by atoms with E-state index in [1.54, 1.807) is 0 Å². The Morgan fingerprint density at radius 1 is 0.577 bits per heavy atom. The lowest BCUT2D eigenvalue weighted by molar-refractivity contribution is 0.584. The van der Waals surface area contributed by atoms with E-state index < -0.39 is 8.80 Å². The predicted octanol–water partition coefficient (Wildman–Crippen LogP) is 5.03. The maximum absolute atomic E-state index is 5.89. The second kappa shape index (κ2) is 7.10. The van der Waals surface area contributed by atoms with Gasteiger partial charge in [0.2, 0.25) is 11.8 Å². The van der Waals surface area contributed by atoms with Gasteiger partial charge in [0.05, 0.1) is 8.80 Å². The van der Waals surface area contributed by atoms with Crippen molar-refractivity contribution in [3.63, 3.8) is 0 Å². The van der Waals surface area contributed by atoms with Crippen LogP contribution in [0.15, 0.2) is 83.3 Å². The number of hydrogen-bond donors (Lipinski definition) is 0. The summed E-state index contributed by atoms with van der Waals surface area (Å²) in [6.45, 7) is 4.56. The van der Waals surface area contributed by atoms with Crippen LogP contribution in [0.25, 0.3) is 34.0 Å². The van der Waals surface area contributed by atoms with E-state index in [9.17, 15) is 0 Å². The van der Waals surface area contributed by atoms with Gasteiger partial charge in [-0.05, 0) is 35.4 Å². The van der Waals surface area contributed by atoms with E-state index in [2.05, 4.69) is 71.8 Å². The Morgan fingerprint density at radius 3 is 1.58 bits per heavy atom. The van der Waals surface area contributed by atoms with Crippen molar-refractivity contribution >= 4 is 14.0 Å². The molecule has 4 aromatic rings. The Bertz CT molecular complexity index is 991. The molecule has 3 aromatic carbocycles. The van der Waals surface area contributed by atoms with Crippen LogP contribution in [0.1, 0.15) is 0 Å². The maximum Gasteiger partial charge on any atom is 0.248 e. The van der Waals surface area contributed by atoms with Gasteiger partial charge in [0.1, 0.15) is 0 Å². The maximum atomic E-state index is 5.89. The van der Waals surface area contributed by atoms with Crippen LogP contribution in [0.2, 0.25) is 13.1 Å². The number of hydrogen-bond acceptors (Lipinski definition) is 3. The molecule has 4 heteroatoms. The Labute approximate surface area is 155 Å². The molecule has 1 radical (unpaired) electrons. The van der Waals surface area contributed by atoms with Gasteiger partial charge < -0.3 is 4.42 Å². The van der Waals surface area contributed by atoms with Gasteiger partial charge >= 0.3 is 0 Å². The Kier molecular flexibility index (Phi) is 4.50. The summed E-state index contributed by atoms with van der Waals surface area (Å²) in [5.74, 6) is 1.10. The first-order chi connectivity index (χ1) is 12.7. The zero-order valence-electron chi connectivity index (χ0n) is 14.8. The summed E-state index contributed by atoms with van der Waals surface area (Å²) in [6.07, 6.45) is 0. The summed E-state index contributed by atoms with van der Waals surface area (Å²) < 4.78 is 5.89. The van der Waals surface area contributed by atoms with Crippen LogP contribution in [0.4, 0.5) is 0 Å². The van der Waals surface area contributed by atoms with Gasteiger partial charge in [-0.15, -0.1) is 10.2 Å². The number of benzene rings is 3. The van der Waals surface area contributed by atoms with E-state index in [-0.39, 0.29) is 0 Å². The highest BCUT2D eigenvalue weighted by Crippen LogP contribution is 2.26. The van der Waals surface area contributed by atoms with E-state index in [1.807, 2.05) is 30.3 Å². The second-order valence-corrected chi connectivity index (χ2v) is 9.01. The third-order valence-electron chi connectivity index (χ3n) is 4.37. The van der Waals surface area contributed by atoms with Crippen molar-refractivity contribution in [1.82, 2.24) is 10.2 Å². The molecule has 0 spiro atoms. The fraction of sp³-hybridized carbons (Fsp3) is 0.0909. The van der Waals surface area contributed by atoms with Crippen LogP contribution in [0, 0.1) is 0 Å². The summed E-state index contributed by atoms with van der Waals surface area (Å²) in [4.78, 5) is 0. The highest BCUT2D eigenvalue weighted by molar-refractivity contribution is 6.70. The van der Waals surface area contributed by atoms with Gasteiger partial charge in [-0.1, -0.05) is 72.9 Å². The predicted molar refractivity (Wildman–Crippen MR) is 108 cm³/mol. The minimum Gasteiger partial charge on any atom is -0.416 e. The molecule has 0 N–H and O–H groups in total. The molecule has 0 fully saturated rings. The zero-order valence-corrected chi connectivity index (χ0v) is 15.8. The van der Waals surface area contributed by atoms with E-state index in [1.165, 1.54) is 16.3 Å². The van der Waals surface area contributed by atoms with Crippen molar-refractivity contribution in [2.24, 2.45) is 0 Å². The van der Waals surface area contributed by atoms with Gasteiger partial charge in [-0.2, -0.15) is 0 Å². The van der Waals surface area contributed by atoms with Crippen LogP contribution in [-0.2, 0) is 0 Å². The number of rotatable bonds is 4. The first kappa shape index (κ1) is 16.5. The van der Waals surface area contributed by atoms with Crippen LogP contribution in [0.5, 0.6) is 0 Å². The molecule has 0 aliphatic rings. The molecular formula is C22H19N2OSi. The average Bonchev–Trinajstić information content (AvgIpc) is 3.19. The number of aromatic nitrogens is 2. The fourth-order valence-corrected chi connectivity index (χ4v) is 3.67. The molecule has 0 saturated carbocycles. The standard InChI is InChI=1S/C22H19N2OSi/c1-26(2)20-14-12-19(13-15-20)22-24-23-21(25-22)18-10-8-17(9-11-18)16-6-4-3-5-7-16/h3-15H,1-2H3. The molecule has 0 aliphatic heterocycles. The molecule has 4 rings (SSSR count). The first-order valence-electron chi connectivity index (χ1n) is 8.61. The summed E-state index contributed by atoms with van der Waals surface area (Å²) in [6, 6.07) is 26.9. The Balaban J connectivity index is 1.58. The summed E-state index contributed by atoms with van der Waals surface area (Å²) in [7, 11) is -0.441. The largest absolute Gasteiger partial charge is 0.416 e. The highest BCUT2D eigenvalue weighted by Gasteiger charge is 2.11. The van der Waals surface area contributed by atoms with Gasteiger partial charge in [-0.25, -0.2) is 0 Å². The van der Waals surface area contributed by atoms with Gasteiger partial charge in [0.25, 0.3) is 0 Å². The van der Waals surface area contributed by atoms with Gasteiger partial charge in [0, 0.05) is 11.1 Å². The Morgan fingerprint density at radius 2 is 1.04 bits per heavy atom. The lowest BCUT2D eigenvalue weighted by atomic mass is 10.0.